The van der Waals surface area contributed by atoms with Crippen LogP contribution in [0.15, 0.2) is 24.4 Å². The molecule has 3 rings (SSSR count). The second kappa shape index (κ2) is 7.65. The third kappa shape index (κ3) is 4.05. The monoisotopic (exact) mass is 349 g/mol. The number of nitrogens with one attached hydrogen (secondary N) is 2. The Morgan fingerprint density at radius 2 is 2.17 bits per heavy atom. The van der Waals surface area contributed by atoms with Crippen LogP contribution >= 0.6 is 11.8 Å². The minimum absolute atomic E-state index is 0.0908. The van der Waals surface area contributed by atoms with Crippen molar-refractivity contribution in [3.8, 4) is 0 Å². The molecule has 1 aromatic heterocycles. The molecule has 2 aliphatic rings. The Kier molecular flexibility index (Phi) is 5.34. The highest BCUT2D eigenvalue weighted by Gasteiger charge is 2.42. The second-order valence-corrected chi connectivity index (χ2v) is 7.12. The first-order valence-electron chi connectivity index (χ1n) is 7.98. The molecule has 3 atom stereocenters. The van der Waals surface area contributed by atoms with Crippen molar-refractivity contribution in [2.24, 2.45) is 0 Å². The standard InChI is InChI=1S/C16H19N3O4S/c20-13(23-15(21)10-5-3-4-8-17-10)7-2-1-6-12-14-11(9-24-12)18-16(22)19-14/h3-5,8,11-12,14H,1-2,6-7,9H2,(H2,18,19,22)/t11-,12-,14-/m0/s1. The largest absolute Gasteiger partial charge is 0.388 e. The van der Waals surface area contributed by atoms with Crippen molar-refractivity contribution < 1.29 is 19.1 Å². The quantitative estimate of drug-likeness (QED) is 0.349. The molecule has 0 spiro atoms. The molecule has 0 aromatic carbocycles. The van der Waals surface area contributed by atoms with Crippen LogP contribution < -0.4 is 10.6 Å². The number of urea groups is 1. The minimum Gasteiger partial charge on any atom is -0.388 e. The summed E-state index contributed by atoms with van der Waals surface area (Å²) in [5.74, 6) is -0.317. The summed E-state index contributed by atoms with van der Waals surface area (Å²) in [5.41, 5.74) is 0.128. The number of hydrogen-bond donors (Lipinski definition) is 2. The number of carbonyl (C=O) groups excluding carboxylic acids is 3. The van der Waals surface area contributed by atoms with Crippen LogP contribution in [0.3, 0.4) is 0 Å². The summed E-state index contributed by atoms with van der Waals surface area (Å²) in [5, 5.41) is 6.22. The van der Waals surface area contributed by atoms with Gasteiger partial charge in [-0.15, -0.1) is 0 Å². The molecule has 0 saturated carbocycles. The van der Waals surface area contributed by atoms with Crippen LogP contribution in [0.25, 0.3) is 0 Å². The number of unbranched alkanes of at least 4 members (excludes halogenated alkanes) is 1. The molecule has 1 aromatic rings. The minimum atomic E-state index is -0.713. The average Bonchev–Trinajstić information content (AvgIpc) is 3.12. The lowest BCUT2D eigenvalue weighted by Gasteiger charge is -2.16. The van der Waals surface area contributed by atoms with E-state index in [0.717, 1.165) is 18.6 Å². The van der Waals surface area contributed by atoms with Gasteiger partial charge in [-0.25, -0.2) is 14.6 Å². The van der Waals surface area contributed by atoms with Gasteiger partial charge in [0.05, 0.1) is 12.1 Å². The summed E-state index contributed by atoms with van der Waals surface area (Å²) in [6.45, 7) is 0. The molecule has 8 heteroatoms. The highest BCUT2D eigenvalue weighted by molar-refractivity contribution is 8.00. The van der Waals surface area contributed by atoms with Crippen molar-refractivity contribution in [3.63, 3.8) is 0 Å². The number of thioether (sulfide) groups is 1. The molecule has 0 unspecified atom stereocenters. The molecular formula is C16H19N3O4S. The number of fused-ring (bicyclic) bond motifs is 1. The van der Waals surface area contributed by atoms with Gasteiger partial charge in [0.15, 0.2) is 0 Å². The van der Waals surface area contributed by atoms with E-state index in [1.165, 1.54) is 12.3 Å². The van der Waals surface area contributed by atoms with E-state index >= 15 is 0 Å². The Morgan fingerprint density at radius 1 is 1.29 bits per heavy atom. The lowest BCUT2D eigenvalue weighted by Crippen LogP contribution is -2.36. The predicted octanol–water partition coefficient (Wildman–Crippen LogP) is 1.49. The van der Waals surface area contributed by atoms with E-state index in [1.807, 2.05) is 11.8 Å². The van der Waals surface area contributed by atoms with Crippen molar-refractivity contribution in [2.45, 2.75) is 43.0 Å². The van der Waals surface area contributed by atoms with Crippen LogP contribution in [-0.2, 0) is 9.53 Å². The summed E-state index contributed by atoms with van der Waals surface area (Å²) >= 11 is 1.85. The summed E-state index contributed by atoms with van der Waals surface area (Å²) < 4.78 is 4.78. The molecule has 128 valence electrons. The SMILES string of the molecule is O=C1N[C@H]2[C@H](CS[C@H]2CCCCC(=O)OC(=O)c2ccccn2)N1. The van der Waals surface area contributed by atoms with E-state index < -0.39 is 11.9 Å². The Bertz CT molecular complexity index is 625. The smallest absolute Gasteiger partial charge is 0.364 e. The predicted molar refractivity (Wildman–Crippen MR) is 88.6 cm³/mol. The van der Waals surface area contributed by atoms with E-state index in [-0.39, 0.29) is 30.2 Å². The van der Waals surface area contributed by atoms with Crippen LogP contribution in [0.4, 0.5) is 4.79 Å². The fourth-order valence-corrected chi connectivity index (χ4v) is 4.49. The first-order valence-corrected chi connectivity index (χ1v) is 9.03. The Hall–Kier alpha value is -2.09. The molecular weight excluding hydrogens is 330 g/mol. The fraction of sp³-hybridized carbons (Fsp3) is 0.500. The van der Waals surface area contributed by atoms with E-state index in [9.17, 15) is 14.4 Å². The van der Waals surface area contributed by atoms with Crippen LogP contribution in [0.5, 0.6) is 0 Å². The molecule has 24 heavy (non-hydrogen) atoms. The fourth-order valence-electron chi connectivity index (χ4n) is 2.95. The van der Waals surface area contributed by atoms with E-state index in [4.69, 9.17) is 4.74 Å². The number of aromatic nitrogens is 1. The first-order chi connectivity index (χ1) is 11.6. The van der Waals surface area contributed by atoms with Crippen LogP contribution in [0.1, 0.15) is 36.2 Å². The number of nitrogens with zero attached hydrogens (tertiary/aromatic N) is 1. The number of amides is 2. The summed E-state index contributed by atoms with van der Waals surface area (Å²) in [4.78, 5) is 38.6. The van der Waals surface area contributed by atoms with Crippen molar-refractivity contribution >= 4 is 29.7 Å². The topological polar surface area (TPSA) is 97.4 Å². The Morgan fingerprint density at radius 3 is 2.96 bits per heavy atom. The van der Waals surface area contributed by atoms with Gasteiger partial charge in [-0.05, 0) is 25.0 Å². The van der Waals surface area contributed by atoms with Crippen LogP contribution in [0, 0.1) is 0 Å². The maximum atomic E-state index is 11.7. The molecule has 0 radical (unpaired) electrons. The molecule has 2 fully saturated rings. The van der Waals surface area contributed by atoms with Gasteiger partial charge in [-0.1, -0.05) is 12.5 Å². The number of rotatable bonds is 6. The molecule has 3 heterocycles. The molecule has 2 N–H and O–H groups in total. The first kappa shape index (κ1) is 16.8. The second-order valence-electron chi connectivity index (χ2n) is 5.84. The lowest BCUT2D eigenvalue weighted by molar-refractivity contribution is -0.138. The molecule has 2 amide bonds. The number of esters is 2. The molecule has 7 nitrogen and oxygen atoms in total. The van der Waals surface area contributed by atoms with E-state index in [2.05, 4.69) is 15.6 Å². The van der Waals surface area contributed by atoms with Gasteiger partial charge in [0.25, 0.3) is 0 Å². The highest BCUT2D eigenvalue weighted by Crippen LogP contribution is 2.33. The molecule has 2 saturated heterocycles. The number of hydrogen-bond acceptors (Lipinski definition) is 6. The average molecular weight is 349 g/mol. The van der Waals surface area contributed by atoms with E-state index in [1.54, 1.807) is 12.1 Å². The van der Waals surface area contributed by atoms with Crippen molar-refractivity contribution in [3.05, 3.63) is 30.1 Å². The lowest BCUT2D eigenvalue weighted by atomic mass is 10.0. The summed E-state index contributed by atoms with van der Waals surface area (Å²) in [6.07, 6.45) is 4.11. The van der Waals surface area contributed by atoms with Gasteiger partial charge >= 0.3 is 18.0 Å². The molecule has 0 bridgehead atoms. The maximum absolute atomic E-state index is 11.7. The normalized spacial score (nSPS) is 24.8. The number of ether oxygens (including phenoxy) is 1. The van der Waals surface area contributed by atoms with Gasteiger partial charge in [0.2, 0.25) is 0 Å². The van der Waals surface area contributed by atoms with Crippen molar-refractivity contribution in [2.75, 3.05) is 5.75 Å². The van der Waals surface area contributed by atoms with Gasteiger partial charge in [0, 0.05) is 23.6 Å². The molecule has 0 aliphatic carbocycles. The van der Waals surface area contributed by atoms with Crippen molar-refractivity contribution in [1.82, 2.24) is 15.6 Å². The van der Waals surface area contributed by atoms with E-state index in [0.29, 0.717) is 11.7 Å². The number of carbonyl (C=O) groups is 3. The Balaban J connectivity index is 1.34. The van der Waals surface area contributed by atoms with Gasteiger partial charge in [0.1, 0.15) is 5.69 Å². The third-order valence-corrected chi connectivity index (χ3v) is 5.65. The van der Waals surface area contributed by atoms with Crippen LogP contribution in [0.2, 0.25) is 0 Å². The zero-order valence-corrected chi connectivity index (χ0v) is 13.9. The summed E-state index contributed by atoms with van der Waals surface area (Å²) in [7, 11) is 0. The third-order valence-electron chi connectivity index (χ3n) is 4.14. The van der Waals surface area contributed by atoms with Gasteiger partial charge in [-0.3, -0.25) is 4.79 Å². The number of pyridine rings is 1. The van der Waals surface area contributed by atoms with Crippen molar-refractivity contribution in [1.29, 1.82) is 0 Å². The summed E-state index contributed by atoms with van der Waals surface area (Å²) in [6, 6.07) is 5.16. The Labute approximate surface area is 143 Å². The molecule has 2 aliphatic heterocycles. The zero-order chi connectivity index (χ0) is 16.9. The maximum Gasteiger partial charge on any atom is 0.364 e. The van der Waals surface area contributed by atoms with Gasteiger partial charge in [-0.2, -0.15) is 11.8 Å². The zero-order valence-electron chi connectivity index (χ0n) is 13.1. The van der Waals surface area contributed by atoms with Crippen LogP contribution in [-0.4, -0.2) is 46.0 Å². The van der Waals surface area contributed by atoms with Gasteiger partial charge < -0.3 is 15.4 Å². The highest BCUT2D eigenvalue weighted by atomic mass is 32.2.